The summed E-state index contributed by atoms with van der Waals surface area (Å²) in [5.74, 6) is -0.138. The Labute approximate surface area is 125 Å². The second kappa shape index (κ2) is 5.42. The van der Waals surface area contributed by atoms with Gasteiger partial charge in [0.2, 0.25) is 0 Å². The predicted octanol–water partition coefficient (Wildman–Crippen LogP) is 1.51. The molecule has 1 aliphatic rings. The molecule has 0 saturated heterocycles. The van der Waals surface area contributed by atoms with Gasteiger partial charge in [-0.1, -0.05) is 49.5 Å². The van der Waals surface area contributed by atoms with E-state index in [1.165, 1.54) is 7.11 Å². The van der Waals surface area contributed by atoms with Crippen LogP contribution in [0.5, 0.6) is 0 Å². The van der Waals surface area contributed by atoms with Gasteiger partial charge in [0.1, 0.15) is 0 Å². The molecule has 3 atom stereocenters. The van der Waals surface area contributed by atoms with Crippen LogP contribution in [0.2, 0.25) is 0 Å². The fourth-order valence-corrected chi connectivity index (χ4v) is 5.49. The molecule has 1 fully saturated rings. The Balaban J connectivity index is 2.51. The van der Waals surface area contributed by atoms with E-state index in [0.29, 0.717) is 0 Å². The molecule has 2 rings (SSSR count). The van der Waals surface area contributed by atoms with Crippen LogP contribution in [0.25, 0.3) is 0 Å². The van der Waals surface area contributed by atoms with Crippen molar-refractivity contribution in [2.45, 2.75) is 18.1 Å². The van der Waals surface area contributed by atoms with E-state index in [-0.39, 0.29) is 23.3 Å². The molecule has 2 N–H and O–H groups in total. The van der Waals surface area contributed by atoms with Gasteiger partial charge in [0.05, 0.1) is 22.3 Å². The number of sulfone groups is 1. The first-order valence-corrected chi connectivity index (χ1v) is 8.59. The highest BCUT2D eigenvalue weighted by atomic mass is 32.2. The van der Waals surface area contributed by atoms with Crippen molar-refractivity contribution < 1.29 is 13.2 Å². The number of hydrogen-bond acceptors (Lipinski definition) is 4. The molecule has 4 nitrogen and oxygen atoms in total. The van der Waals surface area contributed by atoms with Gasteiger partial charge in [-0.2, -0.15) is 0 Å². The molecular formula is C14H19NO3S2. The standard InChI is InChI=1S/C14H19NO3S2/c1-3-20(16,17)12-11(10-7-5-4-6-8-10)14(12,9-18-2)13(15)19/h4-8,11-12H,3,9H2,1-2H3,(H2,15,19)/t11-,12+,14-/m0/s1. The van der Waals surface area contributed by atoms with Gasteiger partial charge >= 0.3 is 0 Å². The lowest BCUT2D eigenvalue weighted by Crippen LogP contribution is -2.33. The predicted molar refractivity (Wildman–Crippen MR) is 83.5 cm³/mol. The van der Waals surface area contributed by atoms with E-state index >= 15 is 0 Å². The third-order valence-electron chi connectivity index (χ3n) is 4.05. The Morgan fingerprint density at radius 1 is 1.40 bits per heavy atom. The van der Waals surface area contributed by atoms with E-state index in [4.69, 9.17) is 22.7 Å². The van der Waals surface area contributed by atoms with Crippen LogP contribution in [-0.4, -0.2) is 38.1 Å². The van der Waals surface area contributed by atoms with Crippen molar-refractivity contribution in [1.29, 1.82) is 0 Å². The zero-order valence-electron chi connectivity index (χ0n) is 11.6. The van der Waals surface area contributed by atoms with Crippen molar-refractivity contribution >= 4 is 27.0 Å². The lowest BCUT2D eigenvalue weighted by molar-refractivity contribution is 0.166. The monoisotopic (exact) mass is 313 g/mol. The summed E-state index contributed by atoms with van der Waals surface area (Å²) >= 11 is 5.16. The van der Waals surface area contributed by atoms with Crippen LogP contribution < -0.4 is 5.73 Å². The number of hydrogen-bond donors (Lipinski definition) is 1. The fourth-order valence-electron chi connectivity index (χ4n) is 3.02. The fraction of sp³-hybridized carbons (Fsp3) is 0.500. The lowest BCUT2D eigenvalue weighted by Gasteiger charge is -2.15. The summed E-state index contributed by atoms with van der Waals surface area (Å²) in [6, 6.07) is 9.51. The molecule has 1 aliphatic carbocycles. The normalized spacial score (nSPS) is 29.1. The molecule has 0 radical (unpaired) electrons. The second-order valence-corrected chi connectivity index (χ2v) is 7.95. The molecule has 1 saturated carbocycles. The van der Waals surface area contributed by atoms with E-state index in [1.807, 2.05) is 30.3 Å². The Morgan fingerprint density at radius 2 is 2.00 bits per heavy atom. The third kappa shape index (κ3) is 2.25. The minimum absolute atomic E-state index is 0.0785. The van der Waals surface area contributed by atoms with Crippen molar-refractivity contribution in [2.75, 3.05) is 19.5 Å². The quantitative estimate of drug-likeness (QED) is 0.806. The molecule has 1 aromatic carbocycles. The Hall–Kier alpha value is -0.980. The van der Waals surface area contributed by atoms with Crippen molar-refractivity contribution in [3.63, 3.8) is 0 Å². The van der Waals surface area contributed by atoms with Crippen LogP contribution in [0.1, 0.15) is 18.4 Å². The Bertz CT molecular complexity index is 600. The first kappa shape index (κ1) is 15.4. The molecule has 20 heavy (non-hydrogen) atoms. The van der Waals surface area contributed by atoms with Crippen LogP contribution in [-0.2, 0) is 14.6 Å². The minimum Gasteiger partial charge on any atom is -0.393 e. The van der Waals surface area contributed by atoms with Crippen LogP contribution in [0, 0.1) is 5.41 Å². The summed E-state index contributed by atoms with van der Waals surface area (Å²) in [4.78, 5) is 0.218. The van der Waals surface area contributed by atoms with Crippen molar-refractivity contribution in [3.05, 3.63) is 35.9 Å². The summed E-state index contributed by atoms with van der Waals surface area (Å²) in [7, 11) is -1.71. The first-order valence-electron chi connectivity index (χ1n) is 6.47. The van der Waals surface area contributed by atoms with Crippen molar-refractivity contribution in [1.82, 2.24) is 0 Å². The van der Waals surface area contributed by atoms with Crippen LogP contribution >= 0.6 is 12.2 Å². The molecule has 1 aromatic rings. The number of nitrogens with two attached hydrogens (primary N) is 1. The summed E-state index contributed by atoms with van der Waals surface area (Å²) in [5.41, 5.74) is 6.04. The highest BCUT2D eigenvalue weighted by molar-refractivity contribution is 7.92. The van der Waals surface area contributed by atoms with Crippen LogP contribution in [0.4, 0.5) is 0 Å². The van der Waals surface area contributed by atoms with E-state index in [1.54, 1.807) is 6.92 Å². The molecule has 0 aliphatic heterocycles. The molecular weight excluding hydrogens is 294 g/mol. The molecule has 0 spiro atoms. The summed E-state index contributed by atoms with van der Waals surface area (Å²) in [6.45, 7) is 1.87. The lowest BCUT2D eigenvalue weighted by atomic mass is 10.00. The zero-order valence-corrected chi connectivity index (χ0v) is 13.2. The van der Waals surface area contributed by atoms with Gasteiger partial charge in [0.25, 0.3) is 0 Å². The van der Waals surface area contributed by atoms with E-state index in [9.17, 15) is 8.42 Å². The number of rotatable bonds is 6. The smallest absolute Gasteiger partial charge is 0.154 e. The number of benzene rings is 1. The van der Waals surface area contributed by atoms with Gasteiger partial charge < -0.3 is 10.5 Å². The first-order chi connectivity index (χ1) is 9.41. The second-order valence-electron chi connectivity index (χ2n) is 5.10. The van der Waals surface area contributed by atoms with Crippen molar-refractivity contribution in [2.24, 2.45) is 11.1 Å². The van der Waals surface area contributed by atoms with Gasteiger partial charge in [0.15, 0.2) is 9.84 Å². The summed E-state index contributed by atoms with van der Waals surface area (Å²) < 4.78 is 30.0. The van der Waals surface area contributed by atoms with Gasteiger partial charge in [-0.25, -0.2) is 8.42 Å². The summed E-state index contributed by atoms with van der Waals surface area (Å²) in [6.07, 6.45) is 0. The molecule has 0 amide bonds. The number of methoxy groups -OCH3 is 1. The molecule has 110 valence electrons. The number of ether oxygens (including phenoxy) is 1. The topological polar surface area (TPSA) is 69.4 Å². The zero-order chi connectivity index (χ0) is 15.0. The highest BCUT2D eigenvalue weighted by Gasteiger charge is 2.72. The van der Waals surface area contributed by atoms with Gasteiger partial charge in [-0.3, -0.25) is 0 Å². The van der Waals surface area contributed by atoms with E-state index in [2.05, 4.69) is 0 Å². The maximum Gasteiger partial charge on any atom is 0.154 e. The minimum atomic E-state index is -3.24. The van der Waals surface area contributed by atoms with Gasteiger partial charge in [-0.15, -0.1) is 0 Å². The average molecular weight is 313 g/mol. The van der Waals surface area contributed by atoms with Crippen molar-refractivity contribution in [3.8, 4) is 0 Å². The molecule has 0 heterocycles. The molecule has 0 bridgehead atoms. The van der Waals surface area contributed by atoms with E-state index in [0.717, 1.165) is 5.56 Å². The average Bonchev–Trinajstić information content (AvgIpc) is 3.11. The third-order valence-corrected chi connectivity index (χ3v) is 6.70. The SMILES string of the molecule is CCS(=O)(=O)[C@@H]1[C@H](c2ccccc2)[C@]1(COC)C(N)=S. The molecule has 0 unspecified atom stereocenters. The highest BCUT2D eigenvalue weighted by Crippen LogP contribution is 2.63. The van der Waals surface area contributed by atoms with Gasteiger partial charge in [0, 0.05) is 18.8 Å². The largest absolute Gasteiger partial charge is 0.393 e. The Kier molecular flexibility index (Phi) is 4.18. The van der Waals surface area contributed by atoms with Crippen LogP contribution in [0.15, 0.2) is 30.3 Å². The Morgan fingerprint density at radius 3 is 2.45 bits per heavy atom. The summed E-state index contributed by atoms with van der Waals surface area (Å²) in [5, 5.41) is -0.583. The van der Waals surface area contributed by atoms with Crippen LogP contribution in [0.3, 0.4) is 0 Å². The molecule has 0 aromatic heterocycles. The maximum absolute atomic E-state index is 12.4. The van der Waals surface area contributed by atoms with Gasteiger partial charge in [-0.05, 0) is 5.56 Å². The molecule has 6 heteroatoms. The number of thiocarbonyl (C=S) groups is 1. The maximum atomic E-state index is 12.4. The van der Waals surface area contributed by atoms with E-state index < -0.39 is 20.5 Å².